The number of benzene rings is 3. The molecule has 0 bridgehead atoms. The summed E-state index contributed by atoms with van der Waals surface area (Å²) in [4.78, 5) is 0. The molecule has 3 rings (SSSR count). The van der Waals surface area contributed by atoms with E-state index < -0.39 is 23.3 Å². The van der Waals surface area contributed by atoms with Crippen molar-refractivity contribution in [3.63, 3.8) is 0 Å². The number of nitriles is 2. The van der Waals surface area contributed by atoms with Crippen molar-refractivity contribution in [2.24, 2.45) is 0 Å². The standard InChI is InChI=1S/C27H18F4N2/c1-16(9-24(28)17(2)14-32)22-7-3-18(11-26(22)30)10-19-4-8-23(27(31)12-19)20-5-6-21(15-33)25(29)13-20/h3-9,11-13H,10H2,1-2H3. The van der Waals surface area contributed by atoms with Gasteiger partial charge in [0.15, 0.2) is 0 Å². The summed E-state index contributed by atoms with van der Waals surface area (Å²) in [5, 5.41) is 17.6. The van der Waals surface area contributed by atoms with Crippen molar-refractivity contribution in [2.75, 3.05) is 0 Å². The molecular formula is C27H18F4N2. The van der Waals surface area contributed by atoms with E-state index in [0.717, 1.165) is 12.1 Å². The van der Waals surface area contributed by atoms with Crippen molar-refractivity contribution in [3.05, 3.63) is 112 Å². The van der Waals surface area contributed by atoms with E-state index in [4.69, 9.17) is 10.5 Å². The number of hydrogen-bond acceptors (Lipinski definition) is 2. The normalized spacial score (nSPS) is 12.1. The molecule has 0 unspecified atom stereocenters. The zero-order valence-electron chi connectivity index (χ0n) is 17.9. The van der Waals surface area contributed by atoms with Crippen LogP contribution >= 0.6 is 0 Å². The molecule has 0 heterocycles. The van der Waals surface area contributed by atoms with Crippen LogP contribution in [0.5, 0.6) is 0 Å². The third kappa shape index (κ3) is 5.37. The lowest BCUT2D eigenvalue weighted by Gasteiger charge is -2.09. The minimum Gasteiger partial charge on any atom is -0.206 e. The Hall–Kier alpha value is -4.16. The van der Waals surface area contributed by atoms with Crippen LogP contribution in [-0.2, 0) is 6.42 Å². The summed E-state index contributed by atoms with van der Waals surface area (Å²) >= 11 is 0. The highest BCUT2D eigenvalue weighted by Gasteiger charge is 2.12. The fraction of sp³-hybridized carbons (Fsp3) is 0.111. The molecule has 0 amide bonds. The second kappa shape index (κ2) is 9.97. The van der Waals surface area contributed by atoms with Crippen molar-refractivity contribution in [1.82, 2.24) is 0 Å². The van der Waals surface area contributed by atoms with Crippen LogP contribution in [-0.4, -0.2) is 0 Å². The van der Waals surface area contributed by atoms with Crippen LogP contribution in [0.4, 0.5) is 17.6 Å². The van der Waals surface area contributed by atoms with E-state index in [1.54, 1.807) is 31.2 Å². The van der Waals surface area contributed by atoms with Gasteiger partial charge in [-0.15, -0.1) is 0 Å². The Kier molecular flexibility index (Phi) is 7.10. The molecule has 0 N–H and O–H groups in total. The van der Waals surface area contributed by atoms with Gasteiger partial charge in [0, 0.05) is 11.1 Å². The lowest BCUT2D eigenvalue weighted by atomic mass is 9.97. The molecule has 0 aliphatic rings. The van der Waals surface area contributed by atoms with E-state index in [9.17, 15) is 17.6 Å². The maximum Gasteiger partial charge on any atom is 0.141 e. The molecule has 33 heavy (non-hydrogen) atoms. The maximum absolute atomic E-state index is 14.7. The van der Waals surface area contributed by atoms with Gasteiger partial charge in [0.1, 0.15) is 29.3 Å². The molecule has 164 valence electrons. The van der Waals surface area contributed by atoms with E-state index in [1.165, 1.54) is 43.3 Å². The molecular weight excluding hydrogens is 428 g/mol. The van der Waals surface area contributed by atoms with Gasteiger partial charge < -0.3 is 0 Å². The van der Waals surface area contributed by atoms with Crippen LogP contribution in [0.3, 0.4) is 0 Å². The minimum atomic E-state index is -0.726. The first-order valence-corrected chi connectivity index (χ1v) is 9.95. The van der Waals surface area contributed by atoms with Crippen LogP contribution < -0.4 is 0 Å². The van der Waals surface area contributed by atoms with Crippen molar-refractivity contribution >= 4 is 5.57 Å². The summed E-state index contributed by atoms with van der Waals surface area (Å²) in [6.45, 7) is 2.88. The molecule has 2 nitrogen and oxygen atoms in total. The zero-order chi connectivity index (χ0) is 24.1. The third-order valence-electron chi connectivity index (χ3n) is 5.17. The summed E-state index contributed by atoms with van der Waals surface area (Å²) < 4.78 is 57.0. The summed E-state index contributed by atoms with van der Waals surface area (Å²) in [6, 6.07) is 16.2. The third-order valence-corrected chi connectivity index (χ3v) is 5.17. The minimum absolute atomic E-state index is 0.0967. The fourth-order valence-corrected chi connectivity index (χ4v) is 3.33. The predicted molar refractivity (Wildman–Crippen MR) is 119 cm³/mol. The highest BCUT2D eigenvalue weighted by molar-refractivity contribution is 5.68. The topological polar surface area (TPSA) is 47.6 Å². The molecule has 6 heteroatoms. The molecule has 0 atom stereocenters. The molecule has 3 aromatic rings. The monoisotopic (exact) mass is 446 g/mol. The first-order chi connectivity index (χ1) is 15.7. The van der Waals surface area contributed by atoms with Gasteiger partial charge in [0.25, 0.3) is 0 Å². The Bertz CT molecular complexity index is 1370. The van der Waals surface area contributed by atoms with E-state index in [2.05, 4.69) is 0 Å². The van der Waals surface area contributed by atoms with E-state index in [0.29, 0.717) is 22.3 Å². The molecule has 0 saturated heterocycles. The first kappa shape index (κ1) is 23.5. The summed E-state index contributed by atoms with van der Waals surface area (Å²) in [5.41, 5.74) is 1.98. The van der Waals surface area contributed by atoms with Gasteiger partial charge in [-0.1, -0.05) is 30.3 Å². The molecule has 0 aromatic heterocycles. The highest BCUT2D eigenvalue weighted by atomic mass is 19.1. The zero-order valence-corrected chi connectivity index (χ0v) is 17.9. The Morgan fingerprint density at radius 3 is 2.09 bits per heavy atom. The van der Waals surface area contributed by atoms with Gasteiger partial charge in [-0.05, 0) is 72.9 Å². The smallest absolute Gasteiger partial charge is 0.141 e. The number of nitrogens with zero attached hydrogens (tertiary/aromatic N) is 2. The van der Waals surface area contributed by atoms with E-state index >= 15 is 0 Å². The molecule has 0 fully saturated rings. The van der Waals surface area contributed by atoms with Gasteiger partial charge >= 0.3 is 0 Å². The Morgan fingerprint density at radius 1 is 0.848 bits per heavy atom. The molecule has 0 saturated carbocycles. The number of halogens is 4. The van der Waals surface area contributed by atoms with Crippen LogP contribution in [0.15, 0.2) is 72.1 Å². The quantitative estimate of drug-likeness (QED) is 0.233. The lowest BCUT2D eigenvalue weighted by Crippen LogP contribution is -1.95. The van der Waals surface area contributed by atoms with E-state index in [-0.39, 0.29) is 28.7 Å². The average molecular weight is 446 g/mol. The summed E-state index contributed by atoms with van der Waals surface area (Å²) in [7, 11) is 0. The lowest BCUT2D eigenvalue weighted by molar-refractivity contribution is 0.621. The highest BCUT2D eigenvalue weighted by Crippen LogP contribution is 2.27. The van der Waals surface area contributed by atoms with Gasteiger partial charge in [-0.2, -0.15) is 10.5 Å². The second-order valence-corrected chi connectivity index (χ2v) is 7.52. The number of hydrogen-bond donors (Lipinski definition) is 0. The van der Waals surface area contributed by atoms with Crippen LogP contribution in [0, 0.1) is 40.1 Å². The fourth-order valence-electron chi connectivity index (χ4n) is 3.33. The number of rotatable bonds is 5. The van der Waals surface area contributed by atoms with Crippen LogP contribution in [0.2, 0.25) is 0 Å². The largest absolute Gasteiger partial charge is 0.206 e. The Balaban J connectivity index is 1.83. The molecule has 0 aliphatic heterocycles. The number of allylic oxidation sites excluding steroid dienone is 4. The SMILES string of the molecule is CC(=CC(F)=C(C)C#N)c1ccc(Cc2ccc(-c3ccc(C#N)c(F)c3)c(F)c2)cc1F. The summed E-state index contributed by atoms with van der Waals surface area (Å²) in [5.74, 6) is -2.58. The van der Waals surface area contributed by atoms with Crippen molar-refractivity contribution in [2.45, 2.75) is 20.3 Å². The average Bonchev–Trinajstić information content (AvgIpc) is 2.78. The van der Waals surface area contributed by atoms with Crippen molar-refractivity contribution in [1.29, 1.82) is 10.5 Å². The van der Waals surface area contributed by atoms with Crippen LogP contribution in [0.25, 0.3) is 16.7 Å². The van der Waals surface area contributed by atoms with Gasteiger partial charge in [-0.3, -0.25) is 0 Å². The maximum atomic E-state index is 14.7. The molecule has 0 spiro atoms. The molecule has 3 aromatic carbocycles. The van der Waals surface area contributed by atoms with Crippen molar-refractivity contribution in [3.8, 4) is 23.3 Å². The summed E-state index contributed by atoms with van der Waals surface area (Å²) in [6.07, 6.45) is 1.36. The van der Waals surface area contributed by atoms with E-state index in [1.807, 2.05) is 0 Å². The Labute approximate surface area is 189 Å². The molecule has 0 aliphatic carbocycles. The van der Waals surface area contributed by atoms with Crippen LogP contribution in [0.1, 0.15) is 36.1 Å². The van der Waals surface area contributed by atoms with Gasteiger partial charge in [0.05, 0.1) is 17.2 Å². The Morgan fingerprint density at radius 2 is 1.52 bits per heavy atom. The first-order valence-electron chi connectivity index (χ1n) is 9.95. The van der Waals surface area contributed by atoms with Crippen molar-refractivity contribution < 1.29 is 17.6 Å². The van der Waals surface area contributed by atoms with Gasteiger partial charge in [0.2, 0.25) is 0 Å². The second-order valence-electron chi connectivity index (χ2n) is 7.52. The molecule has 0 radical (unpaired) electrons. The van der Waals surface area contributed by atoms with Gasteiger partial charge in [-0.25, -0.2) is 17.6 Å². The predicted octanol–water partition coefficient (Wildman–Crippen LogP) is 7.40.